The van der Waals surface area contributed by atoms with Crippen molar-refractivity contribution >= 4 is 17.5 Å². The van der Waals surface area contributed by atoms with Crippen LogP contribution in [0.1, 0.15) is 30.6 Å². The average Bonchev–Trinajstić information content (AvgIpc) is 2.60. The molecule has 2 aromatic rings. The molecule has 1 amide bonds. The molecule has 0 aliphatic rings. The van der Waals surface area contributed by atoms with Gasteiger partial charge in [-0.05, 0) is 48.7 Å². The summed E-state index contributed by atoms with van der Waals surface area (Å²) in [5.74, 6) is 0.678. The Balaban J connectivity index is 1.85. The SMILES string of the molecule is COc1cccc(CCC(=O)NC(C)C(O)c2ccc(Cl)cc2)c1. The Morgan fingerprint density at radius 3 is 2.62 bits per heavy atom. The maximum absolute atomic E-state index is 12.1. The molecule has 0 saturated carbocycles. The van der Waals surface area contributed by atoms with E-state index < -0.39 is 6.10 Å². The number of halogens is 1. The molecule has 0 aromatic heterocycles. The second-order valence-corrected chi connectivity index (χ2v) is 6.14. The minimum atomic E-state index is -0.775. The maximum atomic E-state index is 12.1. The zero-order valence-electron chi connectivity index (χ0n) is 13.8. The molecule has 5 heteroatoms. The van der Waals surface area contributed by atoms with Crippen LogP contribution in [0, 0.1) is 0 Å². The fourth-order valence-electron chi connectivity index (χ4n) is 2.44. The topological polar surface area (TPSA) is 58.6 Å². The lowest BCUT2D eigenvalue weighted by Gasteiger charge is -2.20. The van der Waals surface area contributed by atoms with Crippen molar-refractivity contribution in [2.45, 2.75) is 31.9 Å². The predicted molar refractivity (Wildman–Crippen MR) is 95.3 cm³/mol. The number of ether oxygens (including phenoxy) is 1. The number of rotatable bonds is 7. The van der Waals surface area contributed by atoms with Crippen LogP contribution in [0.25, 0.3) is 0 Å². The lowest BCUT2D eigenvalue weighted by molar-refractivity contribution is -0.122. The van der Waals surface area contributed by atoms with Crippen LogP contribution in [0.3, 0.4) is 0 Å². The zero-order chi connectivity index (χ0) is 17.5. The molecule has 2 rings (SSSR count). The standard InChI is InChI=1S/C19H22ClNO3/c1-13(19(23)15-7-9-16(20)10-8-15)21-18(22)11-6-14-4-3-5-17(12-14)24-2/h3-5,7-10,12-13,19,23H,6,11H2,1-2H3,(H,21,22). The molecular weight excluding hydrogens is 326 g/mol. The molecule has 128 valence electrons. The monoisotopic (exact) mass is 347 g/mol. The molecule has 2 unspecified atom stereocenters. The van der Waals surface area contributed by atoms with E-state index in [2.05, 4.69) is 5.32 Å². The highest BCUT2D eigenvalue weighted by molar-refractivity contribution is 6.30. The van der Waals surface area contributed by atoms with Crippen LogP contribution in [0.15, 0.2) is 48.5 Å². The van der Waals surface area contributed by atoms with Gasteiger partial charge < -0.3 is 15.2 Å². The van der Waals surface area contributed by atoms with Gasteiger partial charge in [-0.1, -0.05) is 35.9 Å². The number of aliphatic hydroxyl groups excluding tert-OH is 1. The van der Waals surface area contributed by atoms with Gasteiger partial charge in [0.25, 0.3) is 0 Å². The van der Waals surface area contributed by atoms with Gasteiger partial charge in [0.05, 0.1) is 19.3 Å². The van der Waals surface area contributed by atoms with E-state index in [1.165, 1.54) is 0 Å². The van der Waals surface area contributed by atoms with Crippen molar-refractivity contribution in [1.82, 2.24) is 5.32 Å². The molecule has 0 aliphatic carbocycles. The van der Waals surface area contributed by atoms with E-state index in [4.69, 9.17) is 16.3 Å². The number of aliphatic hydroxyl groups is 1. The molecular formula is C19H22ClNO3. The summed E-state index contributed by atoms with van der Waals surface area (Å²) in [7, 11) is 1.62. The predicted octanol–water partition coefficient (Wildman–Crippen LogP) is 3.52. The van der Waals surface area contributed by atoms with Crippen LogP contribution in [0.5, 0.6) is 5.75 Å². The summed E-state index contributed by atoms with van der Waals surface area (Å²) in [4.78, 5) is 12.1. The summed E-state index contributed by atoms with van der Waals surface area (Å²) in [6.07, 6.45) is 0.195. The van der Waals surface area contributed by atoms with E-state index in [1.54, 1.807) is 38.3 Å². The van der Waals surface area contributed by atoms with Gasteiger partial charge in [0.15, 0.2) is 0 Å². The Morgan fingerprint density at radius 1 is 1.25 bits per heavy atom. The summed E-state index contributed by atoms with van der Waals surface area (Å²) < 4.78 is 5.17. The molecule has 0 spiro atoms. The van der Waals surface area contributed by atoms with Gasteiger partial charge in [-0.25, -0.2) is 0 Å². The highest BCUT2D eigenvalue weighted by atomic mass is 35.5. The van der Waals surface area contributed by atoms with Crippen molar-refractivity contribution in [3.63, 3.8) is 0 Å². The lowest BCUT2D eigenvalue weighted by atomic mass is 10.0. The molecule has 2 atom stereocenters. The molecule has 0 saturated heterocycles. The van der Waals surface area contributed by atoms with Crippen LogP contribution in [0.4, 0.5) is 0 Å². The molecule has 0 aliphatic heterocycles. The first-order valence-electron chi connectivity index (χ1n) is 7.85. The van der Waals surface area contributed by atoms with Crippen molar-refractivity contribution in [2.24, 2.45) is 0 Å². The molecule has 0 heterocycles. The van der Waals surface area contributed by atoms with Gasteiger partial charge in [0.1, 0.15) is 5.75 Å². The molecule has 24 heavy (non-hydrogen) atoms. The smallest absolute Gasteiger partial charge is 0.220 e. The molecule has 0 fully saturated rings. The molecule has 2 N–H and O–H groups in total. The van der Waals surface area contributed by atoms with Crippen LogP contribution in [-0.2, 0) is 11.2 Å². The Hall–Kier alpha value is -2.04. The number of amides is 1. The summed E-state index contributed by atoms with van der Waals surface area (Å²) in [6.45, 7) is 1.78. The van der Waals surface area contributed by atoms with Crippen molar-refractivity contribution in [2.75, 3.05) is 7.11 Å². The molecule has 0 bridgehead atoms. The zero-order valence-corrected chi connectivity index (χ0v) is 14.6. The average molecular weight is 348 g/mol. The normalized spacial score (nSPS) is 13.2. The summed E-state index contributed by atoms with van der Waals surface area (Å²) in [5, 5.41) is 13.8. The highest BCUT2D eigenvalue weighted by Gasteiger charge is 2.18. The van der Waals surface area contributed by atoms with E-state index in [0.717, 1.165) is 16.9 Å². The van der Waals surface area contributed by atoms with E-state index in [9.17, 15) is 9.90 Å². The number of benzene rings is 2. The molecule has 4 nitrogen and oxygen atoms in total. The van der Waals surface area contributed by atoms with Gasteiger partial charge in [0.2, 0.25) is 5.91 Å². The molecule has 0 radical (unpaired) electrons. The number of nitrogens with one attached hydrogen (secondary N) is 1. The fourth-order valence-corrected chi connectivity index (χ4v) is 2.57. The van der Waals surface area contributed by atoms with Gasteiger partial charge in [-0.2, -0.15) is 0 Å². The Kier molecular flexibility index (Phi) is 6.64. The number of hydrogen-bond donors (Lipinski definition) is 2. The van der Waals surface area contributed by atoms with E-state index >= 15 is 0 Å². The Labute approximate surface area is 147 Å². The van der Waals surface area contributed by atoms with Crippen LogP contribution >= 0.6 is 11.6 Å². The third-order valence-electron chi connectivity index (χ3n) is 3.85. The highest BCUT2D eigenvalue weighted by Crippen LogP contribution is 2.19. The first-order chi connectivity index (χ1) is 11.5. The fraction of sp³-hybridized carbons (Fsp3) is 0.316. The summed E-state index contributed by atoms with van der Waals surface area (Å²) in [5.41, 5.74) is 1.76. The number of carbonyl (C=O) groups is 1. The Bertz CT molecular complexity index is 673. The third-order valence-corrected chi connectivity index (χ3v) is 4.10. The van der Waals surface area contributed by atoms with Crippen LogP contribution < -0.4 is 10.1 Å². The van der Waals surface area contributed by atoms with Gasteiger partial charge in [-0.15, -0.1) is 0 Å². The minimum Gasteiger partial charge on any atom is -0.497 e. The van der Waals surface area contributed by atoms with Gasteiger partial charge >= 0.3 is 0 Å². The van der Waals surface area contributed by atoms with E-state index in [1.807, 2.05) is 24.3 Å². The summed E-state index contributed by atoms with van der Waals surface area (Å²) in [6, 6.07) is 14.2. The molecule has 2 aromatic carbocycles. The Morgan fingerprint density at radius 2 is 1.96 bits per heavy atom. The van der Waals surface area contributed by atoms with E-state index in [0.29, 0.717) is 17.9 Å². The quantitative estimate of drug-likeness (QED) is 0.805. The van der Waals surface area contributed by atoms with Crippen molar-refractivity contribution in [3.8, 4) is 5.75 Å². The number of hydrogen-bond acceptors (Lipinski definition) is 3. The third kappa shape index (κ3) is 5.25. The van der Waals surface area contributed by atoms with Crippen LogP contribution in [-0.4, -0.2) is 24.2 Å². The number of carbonyl (C=O) groups excluding carboxylic acids is 1. The van der Waals surface area contributed by atoms with Crippen molar-refractivity contribution in [3.05, 3.63) is 64.7 Å². The first kappa shape index (κ1) is 18.3. The van der Waals surface area contributed by atoms with Crippen LogP contribution in [0.2, 0.25) is 5.02 Å². The van der Waals surface area contributed by atoms with Gasteiger partial charge in [-0.3, -0.25) is 4.79 Å². The second kappa shape index (κ2) is 8.71. The second-order valence-electron chi connectivity index (χ2n) is 5.70. The number of methoxy groups -OCH3 is 1. The largest absolute Gasteiger partial charge is 0.497 e. The summed E-state index contributed by atoms with van der Waals surface area (Å²) >= 11 is 5.84. The van der Waals surface area contributed by atoms with Crippen molar-refractivity contribution in [1.29, 1.82) is 0 Å². The minimum absolute atomic E-state index is 0.0988. The van der Waals surface area contributed by atoms with Crippen molar-refractivity contribution < 1.29 is 14.6 Å². The lowest BCUT2D eigenvalue weighted by Crippen LogP contribution is -2.37. The van der Waals surface area contributed by atoms with Gasteiger partial charge in [0, 0.05) is 11.4 Å². The first-order valence-corrected chi connectivity index (χ1v) is 8.23. The van der Waals surface area contributed by atoms with E-state index in [-0.39, 0.29) is 11.9 Å². The number of aryl methyl sites for hydroxylation is 1. The maximum Gasteiger partial charge on any atom is 0.220 e.